The van der Waals surface area contributed by atoms with E-state index in [1.54, 1.807) is 6.07 Å². The minimum absolute atomic E-state index is 0.0165. The van der Waals surface area contributed by atoms with Gasteiger partial charge in [0.05, 0.1) is 33.7 Å². The van der Waals surface area contributed by atoms with Crippen molar-refractivity contribution in [3.63, 3.8) is 0 Å². The summed E-state index contributed by atoms with van der Waals surface area (Å²) in [7, 11) is 0. The molecule has 3 nitrogen and oxygen atoms in total. The molecule has 2 aliphatic carbocycles. The molecule has 80 heavy (non-hydrogen) atoms. The van der Waals surface area contributed by atoms with Gasteiger partial charge in [0.15, 0.2) is 5.82 Å². The maximum atomic E-state index is 15.1. The average Bonchev–Trinajstić information content (AvgIpc) is 4.35. The van der Waals surface area contributed by atoms with Gasteiger partial charge in [0.2, 0.25) is 0 Å². The van der Waals surface area contributed by atoms with Crippen molar-refractivity contribution < 1.29 is 13.2 Å². The van der Waals surface area contributed by atoms with Gasteiger partial charge in [-0.1, -0.05) is 212 Å². The molecule has 2 aliphatic rings. The monoisotopic (exact) mass is 1040 g/mol. The lowest BCUT2D eigenvalue weighted by Gasteiger charge is -2.22. The molecule has 6 heteroatoms. The molecule has 0 spiro atoms. The molecule has 0 radical (unpaired) electrons. The number of rotatable bonds is 8. The van der Waals surface area contributed by atoms with Crippen LogP contribution in [0.15, 0.2) is 261 Å². The lowest BCUT2D eigenvalue weighted by atomic mass is 9.87. The van der Waals surface area contributed by atoms with E-state index >= 15 is 13.2 Å². The molecule has 0 fully saturated rings. The molecule has 0 saturated carbocycles. The zero-order chi connectivity index (χ0) is 53.6. The maximum Gasteiger partial charge on any atom is 0.416 e. The van der Waals surface area contributed by atoms with Gasteiger partial charge in [-0.05, 0) is 128 Å². The van der Waals surface area contributed by atoms with E-state index in [4.69, 9.17) is 9.97 Å². The summed E-state index contributed by atoms with van der Waals surface area (Å²) < 4.78 is 47.6. The molecule has 2 aromatic heterocycles. The van der Waals surface area contributed by atoms with Crippen LogP contribution in [0.25, 0.3) is 106 Å². The molecule has 13 aromatic rings. The Bertz CT molecular complexity index is 4310. The van der Waals surface area contributed by atoms with Crippen molar-refractivity contribution in [2.24, 2.45) is 0 Å². The van der Waals surface area contributed by atoms with Gasteiger partial charge in [0, 0.05) is 50.4 Å². The number of halogens is 3. The average molecular weight is 1040 g/mol. The first-order chi connectivity index (χ1) is 39.2. The summed E-state index contributed by atoms with van der Waals surface area (Å²) in [6, 6.07) is 88.9. The van der Waals surface area contributed by atoms with Crippen LogP contribution in [0.2, 0.25) is 0 Å². The first-order valence-corrected chi connectivity index (χ1v) is 27.1. The Balaban J connectivity index is 1.05. The molecule has 15 rings (SSSR count). The molecule has 0 N–H and O–H groups in total. The number of alkyl halides is 3. The van der Waals surface area contributed by atoms with Crippen LogP contribution in [-0.2, 0) is 6.18 Å². The predicted octanol–water partition coefficient (Wildman–Crippen LogP) is 19.6. The van der Waals surface area contributed by atoms with Gasteiger partial charge < -0.3 is 4.57 Å². The molecule has 0 amide bonds. The molecule has 0 saturated heterocycles. The van der Waals surface area contributed by atoms with Crippen molar-refractivity contribution in [2.75, 3.05) is 0 Å². The highest BCUT2D eigenvalue weighted by atomic mass is 19.4. The first kappa shape index (κ1) is 47.3. The van der Waals surface area contributed by atoms with E-state index in [-0.39, 0.29) is 11.8 Å². The lowest BCUT2D eigenvalue weighted by molar-refractivity contribution is -0.137. The van der Waals surface area contributed by atoms with Crippen molar-refractivity contribution in [1.29, 1.82) is 0 Å². The summed E-state index contributed by atoms with van der Waals surface area (Å²) >= 11 is 0. The van der Waals surface area contributed by atoms with E-state index in [1.165, 1.54) is 56.6 Å². The van der Waals surface area contributed by atoms with E-state index in [9.17, 15) is 0 Å². The second-order valence-electron chi connectivity index (χ2n) is 21.2. The van der Waals surface area contributed by atoms with Gasteiger partial charge in [0.25, 0.3) is 0 Å². The van der Waals surface area contributed by atoms with Crippen molar-refractivity contribution in [2.45, 2.75) is 24.9 Å². The minimum atomic E-state index is -4.60. The number of aromatic nitrogens is 3. The second kappa shape index (κ2) is 18.6. The molecular weight excluding hydrogens is 988 g/mol. The van der Waals surface area contributed by atoms with Gasteiger partial charge in [-0.3, -0.25) is 0 Å². The fourth-order valence-corrected chi connectivity index (χ4v) is 12.9. The highest BCUT2D eigenvalue weighted by Crippen LogP contribution is 2.52. The summed E-state index contributed by atoms with van der Waals surface area (Å²) in [5, 5.41) is 2.09. The Labute approximate surface area is 461 Å². The van der Waals surface area contributed by atoms with Crippen LogP contribution in [0, 0.1) is 6.92 Å². The van der Waals surface area contributed by atoms with E-state index in [1.807, 2.05) is 78.9 Å². The summed E-state index contributed by atoms with van der Waals surface area (Å²) in [5.74, 6) is 0.416. The van der Waals surface area contributed by atoms with Gasteiger partial charge in [-0.25, -0.2) is 9.97 Å². The van der Waals surface area contributed by atoms with Gasteiger partial charge in [-0.15, -0.1) is 0 Å². The fraction of sp³-hybridized carbons (Fsp3) is 0.0541. The first-order valence-electron chi connectivity index (χ1n) is 27.1. The zero-order valence-corrected chi connectivity index (χ0v) is 43.5. The Morgan fingerprint density at radius 2 is 0.762 bits per heavy atom. The molecule has 0 aliphatic heterocycles. The van der Waals surface area contributed by atoms with Crippen LogP contribution in [0.3, 0.4) is 0 Å². The summed E-state index contributed by atoms with van der Waals surface area (Å²) in [4.78, 5) is 10.6. The number of hydrogen-bond acceptors (Lipinski definition) is 2. The van der Waals surface area contributed by atoms with Crippen molar-refractivity contribution >= 4 is 21.8 Å². The highest BCUT2D eigenvalue weighted by molar-refractivity contribution is 6.12. The Kier molecular flexibility index (Phi) is 11.0. The lowest BCUT2D eigenvalue weighted by Crippen LogP contribution is -2.06. The smallest absolute Gasteiger partial charge is 0.308 e. The van der Waals surface area contributed by atoms with E-state index in [0.29, 0.717) is 22.5 Å². The third-order valence-electron chi connectivity index (χ3n) is 16.4. The predicted molar refractivity (Wildman–Crippen MR) is 319 cm³/mol. The SMILES string of the molecule is Cc1cccc(-c2cc(-c3nc(-c4ccccc4)cc(-c4ccccc4)n3)cc(-c3cccc(C(F)(F)F)c3)c2-n2c3ccc(C4c5ccccc5-c5ccccc54)cc3c3cc(C4c5ccccc5-c5ccccc54)ccc32)c1. The standard InChI is InChI=1S/C74H48F3N3/c1-45-18-16-23-48(38-45)62-42-52(73-78-66(46-19-4-2-5-20-46)44-67(79-73)47-21-6-3-7-22-47)43-63(49-24-17-25-53(39-49)74(75,76)77)72(62)80-68-36-34-50(70-58-30-12-8-26-54(58)55-27-9-13-31-59(55)70)40-64(68)65-41-51(35-37-69(65)80)71-60-32-14-10-28-56(60)57-29-11-15-33-61(57)71/h2-44,70-71H,1H3. The van der Waals surface area contributed by atoms with Crippen LogP contribution in [-0.4, -0.2) is 14.5 Å². The van der Waals surface area contributed by atoms with Crippen LogP contribution < -0.4 is 0 Å². The van der Waals surface area contributed by atoms with Gasteiger partial charge in [-0.2, -0.15) is 13.2 Å². The largest absolute Gasteiger partial charge is 0.416 e. The topological polar surface area (TPSA) is 30.7 Å². The summed E-state index contributed by atoms with van der Waals surface area (Å²) in [6.07, 6.45) is -4.60. The number of fused-ring (bicyclic) bond motifs is 9. The number of hydrogen-bond donors (Lipinski definition) is 0. The van der Waals surface area contributed by atoms with E-state index in [2.05, 4.69) is 169 Å². The quantitative estimate of drug-likeness (QED) is 0.152. The normalized spacial score (nSPS) is 12.9. The fourth-order valence-electron chi connectivity index (χ4n) is 12.9. The molecule has 0 unspecified atom stereocenters. The van der Waals surface area contributed by atoms with Crippen LogP contribution in [0.4, 0.5) is 13.2 Å². The molecule has 380 valence electrons. The summed E-state index contributed by atoms with van der Waals surface area (Å²) in [6.45, 7) is 2.07. The molecule has 2 heterocycles. The molecular formula is C74H48F3N3. The van der Waals surface area contributed by atoms with Crippen LogP contribution in [0.5, 0.6) is 0 Å². The third-order valence-corrected chi connectivity index (χ3v) is 16.4. The second-order valence-corrected chi connectivity index (χ2v) is 21.2. The summed E-state index contributed by atoms with van der Waals surface area (Å²) in [5.41, 5.74) is 21.9. The molecule has 11 aromatic carbocycles. The highest BCUT2D eigenvalue weighted by Gasteiger charge is 2.34. The van der Waals surface area contributed by atoms with Gasteiger partial charge >= 0.3 is 6.18 Å². The molecule has 0 bridgehead atoms. The molecule has 0 atom stereocenters. The van der Waals surface area contributed by atoms with E-state index in [0.717, 1.165) is 83.9 Å². The van der Waals surface area contributed by atoms with Gasteiger partial charge in [0.1, 0.15) is 0 Å². The Hall–Kier alpha value is -9.91. The Morgan fingerprint density at radius 3 is 1.21 bits per heavy atom. The van der Waals surface area contributed by atoms with E-state index < -0.39 is 11.7 Å². The van der Waals surface area contributed by atoms with Crippen LogP contribution in [0.1, 0.15) is 56.3 Å². The minimum Gasteiger partial charge on any atom is -0.308 e. The Morgan fingerprint density at radius 1 is 0.350 bits per heavy atom. The van der Waals surface area contributed by atoms with Crippen molar-refractivity contribution in [1.82, 2.24) is 14.5 Å². The number of benzene rings is 11. The number of aryl methyl sites for hydroxylation is 1. The third kappa shape index (κ3) is 7.81. The van der Waals surface area contributed by atoms with Crippen LogP contribution >= 0.6 is 0 Å². The number of nitrogens with zero attached hydrogens (tertiary/aromatic N) is 3. The zero-order valence-electron chi connectivity index (χ0n) is 43.5. The maximum absolute atomic E-state index is 15.1. The van der Waals surface area contributed by atoms with Crippen molar-refractivity contribution in [3.05, 3.63) is 305 Å². The van der Waals surface area contributed by atoms with Crippen molar-refractivity contribution in [3.8, 4) is 84.1 Å².